The highest BCUT2D eigenvalue weighted by atomic mass is 16.5. The number of amides is 1. The van der Waals surface area contributed by atoms with Gasteiger partial charge in [0.2, 0.25) is 5.91 Å². The number of unbranched alkanes of at least 4 members (excludes halogenated alkanes) is 1. The van der Waals surface area contributed by atoms with Gasteiger partial charge < -0.3 is 14.4 Å². The molecule has 0 rings (SSSR count). The molecule has 0 atom stereocenters. The van der Waals surface area contributed by atoms with Gasteiger partial charge in [-0.15, -0.1) is 0 Å². The SMILES string of the molecule is CC(C)CCCCC(=O)N(CCOCCC(C)C)CCOCCC(C)C. The fourth-order valence-electron chi connectivity index (χ4n) is 2.54. The highest BCUT2D eigenvalue weighted by Gasteiger charge is 2.13. The Hall–Kier alpha value is -0.610. The molecule has 0 aromatic carbocycles. The second kappa shape index (κ2) is 16.6. The molecular weight excluding hydrogens is 326 g/mol. The van der Waals surface area contributed by atoms with Gasteiger partial charge in [-0.1, -0.05) is 54.4 Å². The summed E-state index contributed by atoms with van der Waals surface area (Å²) in [6, 6.07) is 0. The number of carbonyl (C=O) groups excluding carboxylic acids is 1. The van der Waals surface area contributed by atoms with E-state index in [0.717, 1.165) is 38.9 Å². The fourth-order valence-corrected chi connectivity index (χ4v) is 2.54. The minimum atomic E-state index is 0.244. The van der Waals surface area contributed by atoms with Crippen LogP contribution in [0.5, 0.6) is 0 Å². The summed E-state index contributed by atoms with van der Waals surface area (Å²) in [6.07, 6.45) is 6.10. The number of ether oxygens (including phenoxy) is 2. The summed E-state index contributed by atoms with van der Waals surface area (Å²) in [7, 11) is 0. The Morgan fingerprint density at radius 2 is 1.15 bits per heavy atom. The first-order chi connectivity index (χ1) is 12.3. The summed E-state index contributed by atoms with van der Waals surface area (Å²) in [4.78, 5) is 14.5. The molecular formula is C22H45NO3. The number of carbonyl (C=O) groups is 1. The summed E-state index contributed by atoms with van der Waals surface area (Å²) in [5, 5.41) is 0. The average Bonchev–Trinajstić information content (AvgIpc) is 2.55. The molecule has 0 heterocycles. The minimum Gasteiger partial charge on any atom is -0.380 e. The van der Waals surface area contributed by atoms with Gasteiger partial charge in [0.05, 0.1) is 13.2 Å². The largest absolute Gasteiger partial charge is 0.380 e. The van der Waals surface area contributed by atoms with Gasteiger partial charge in [0.25, 0.3) is 0 Å². The molecule has 0 radical (unpaired) electrons. The van der Waals surface area contributed by atoms with Crippen molar-refractivity contribution in [2.24, 2.45) is 17.8 Å². The zero-order valence-corrected chi connectivity index (χ0v) is 18.4. The zero-order chi connectivity index (χ0) is 19.8. The Morgan fingerprint density at radius 3 is 1.58 bits per heavy atom. The molecule has 4 nitrogen and oxygen atoms in total. The molecule has 0 unspecified atom stereocenters. The van der Waals surface area contributed by atoms with Gasteiger partial charge >= 0.3 is 0 Å². The molecule has 0 spiro atoms. The second-order valence-corrected chi connectivity index (χ2v) is 8.61. The van der Waals surface area contributed by atoms with Crippen LogP contribution in [0.3, 0.4) is 0 Å². The smallest absolute Gasteiger partial charge is 0.222 e. The normalized spacial score (nSPS) is 11.7. The van der Waals surface area contributed by atoms with E-state index in [2.05, 4.69) is 41.5 Å². The maximum atomic E-state index is 12.5. The lowest BCUT2D eigenvalue weighted by Gasteiger charge is -2.23. The molecule has 0 fully saturated rings. The molecule has 0 aliphatic rings. The van der Waals surface area contributed by atoms with Crippen LogP contribution in [0.1, 0.15) is 80.1 Å². The van der Waals surface area contributed by atoms with Crippen LogP contribution in [0.25, 0.3) is 0 Å². The lowest BCUT2D eigenvalue weighted by molar-refractivity contribution is -0.133. The van der Waals surface area contributed by atoms with E-state index >= 15 is 0 Å². The Morgan fingerprint density at radius 1 is 0.692 bits per heavy atom. The Kier molecular flexibility index (Phi) is 16.2. The molecule has 0 aromatic rings. The quantitative estimate of drug-likeness (QED) is 0.332. The molecule has 0 aliphatic heterocycles. The summed E-state index contributed by atoms with van der Waals surface area (Å²) in [5.74, 6) is 2.27. The monoisotopic (exact) mass is 371 g/mol. The summed E-state index contributed by atoms with van der Waals surface area (Å²) < 4.78 is 11.4. The highest BCUT2D eigenvalue weighted by Crippen LogP contribution is 2.10. The maximum Gasteiger partial charge on any atom is 0.222 e. The first-order valence-corrected chi connectivity index (χ1v) is 10.8. The van der Waals surface area contributed by atoms with E-state index in [0.29, 0.717) is 50.5 Å². The highest BCUT2D eigenvalue weighted by molar-refractivity contribution is 5.76. The molecule has 0 aromatic heterocycles. The third-order valence-corrected chi connectivity index (χ3v) is 4.46. The number of nitrogens with zero attached hydrogens (tertiary/aromatic N) is 1. The van der Waals surface area contributed by atoms with Crippen LogP contribution in [0.15, 0.2) is 0 Å². The molecule has 4 heteroatoms. The molecule has 0 bridgehead atoms. The predicted octanol–water partition coefficient (Wildman–Crippen LogP) is 5.16. The van der Waals surface area contributed by atoms with Gasteiger partial charge in [0.15, 0.2) is 0 Å². The van der Waals surface area contributed by atoms with Crippen LogP contribution in [0, 0.1) is 17.8 Å². The Labute approximate surface area is 163 Å². The Balaban J connectivity index is 4.14. The van der Waals surface area contributed by atoms with Crippen molar-refractivity contribution < 1.29 is 14.3 Å². The minimum absolute atomic E-state index is 0.244. The topological polar surface area (TPSA) is 38.8 Å². The summed E-state index contributed by atoms with van der Waals surface area (Å²) in [6.45, 7) is 17.4. The van der Waals surface area contributed by atoms with Crippen LogP contribution in [0.2, 0.25) is 0 Å². The molecule has 1 amide bonds. The number of rotatable bonds is 17. The van der Waals surface area contributed by atoms with E-state index in [1.165, 1.54) is 6.42 Å². The van der Waals surface area contributed by atoms with Gasteiger partial charge in [-0.2, -0.15) is 0 Å². The third-order valence-electron chi connectivity index (χ3n) is 4.46. The third kappa shape index (κ3) is 16.8. The van der Waals surface area contributed by atoms with Crippen molar-refractivity contribution in [2.45, 2.75) is 80.1 Å². The van der Waals surface area contributed by atoms with Crippen LogP contribution in [-0.2, 0) is 14.3 Å². The van der Waals surface area contributed by atoms with E-state index in [-0.39, 0.29) is 5.91 Å². The average molecular weight is 372 g/mol. The number of hydrogen-bond acceptors (Lipinski definition) is 3. The van der Waals surface area contributed by atoms with Crippen molar-refractivity contribution in [2.75, 3.05) is 39.5 Å². The molecule has 0 saturated carbocycles. The molecule has 26 heavy (non-hydrogen) atoms. The first kappa shape index (κ1) is 25.4. The van der Waals surface area contributed by atoms with Crippen LogP contribution < -0.4 is 0 Å². The van der Waals surface area contributed by atoms with E-state index in [9.17, 15) is 4.79 Å². The van der Waals surface area contributed by atoms with Crippen molar-refractivity contribution in [1.82, 2.24) is 4.90 Å². The molecule has 156 valence electrons. The lowest BCUT2D eigenvalue weighted by atomic mass is 10.1. The Bertz CT molecular complexity index is 311. The molecule has 0 N–H and O–H groups in total. The maximum absolute atomic E-state index is 12.5. The van der Waals surface area contributed by atoms with Crippen LogP contribution >= 0.6 is 0 Å². The van der Waals surface area contributed by atoms with Gasteiger partial charge in [0, 0.05) is 32.7 Å². The van der Waals surface area contributed by atoms with Crippen molar-refractivity contribution in [1.29, 1.82) is 0 Å². The first-order valence-electron chi connectivity index (χ1n) is 10.8. The van der Waals surface area contributed by atoms with E-state index < -0.39 is 0 Å². The van der Waals surface area contributed by atoms with Crippen LogP contribution in [0.4, 0.5) is 0 Å². The standard InChI is InChI=1S/C22H45NO3/c1-19(2)9-7-8-10-22(24)23(13-17-25-15-11-20(3)4)14-18-26-16-12-21(5)6/h19-21H,7-18H2,1-6H3. The van der Waals surface area contributed by atoms with E-state index in [4.69, 9.17) is 9.47 Å². The van der Waals surface area contributed by atoms with Crippen LogP contribution in [-0.4, -0.2) is 50.3 Å². The van der Waals surface area contributed by atoms with Crippen molar-refractivity contribution in [3.8, 4) is 0 Å². The van der Waals surface area contributed by atoms with Crippen molar-refractivity contribution in [3.63, 3.8) is 0 Å². The van der Waals surface area contributed by atoms with Gasteiger partial charge in [-0.3, -0.25) is 4.79 Å². The zero-order valence-electron chi connectivity index (χ0n) is 18.4. The fraction of sp³-hybridized carbons (Fsp3) is 0.955. The predicted molar refractivity (Wildman–Crippen MR) is 110 cm³/mol. The van der Waals surface area contributed by atoms with Gasteiger partial charge in [-0.25, -0.2) is 0 Å². The number of hydrogen-bond donors (Lipinski definition) is 0. The van der Waals surface area contributed by atoms with Crippen molar-refractivity contribution in [3.05, 3.63) is 0 Å². The van der Waals surface area contributed by atoms with Gasteiger partial charge in [0.1, 0.15) is 0 Å². The molecule has 0 saturated heterocycles. The lowest BCUT2D eigenvalue weighted by Crippen LogP contribution is -2.36. The van der Waals surface area contributed by atoms with Gasteiger partial charge in [-0.05, 0) is 37.0 Å². The summed E-state index contributed by atoms with van der Waals surface area (Å²) >= 11 is 0. The molecule has 0 aliphatic carbocycles. The van der Waals surface area contributed by atoms with Crippen molar-refractivity contribution >= 4 is 5.91 Å². The second-order valence-electron chi connectivity index (χ2n) is 8.61. The van der Waals surface area contributed by atoms with E-state index in [1.807, 2.05) is 4.90 Å². The summed E-state index contributed by atoms with van der Waals surface area (Å²) in [5.41, 5.74) is 0. The van der Waals surface area contributed by atoms with E-state index in [1.54, 1.807) is 0 Å².